The van der Waals surface area contributed by atoms with Crippen molar-refractivity contribution in [3.63, 3.8) is 0 Å². The molecule has 34 heavy (non-hydrogen) atoms. The van der Waals surface area contributed by atoms with Crippen molar-refractivity contribution in [1.29, 1.82) is 0 Å². The molecule has 3 N–H and O–H groups in total. The monoisotopic (exact) mass is 496 g/mol. The molecule has 0 amide bonds. The molecule has 0 aliphatic heterocycles. The minimum atomic E-state index is -0.290. The molecular weight excluding hydrogens is 463 g/mol. The quantitative estimate of drug-likeness (QED) is 0.188. The molecule has 7 heteroatoms. The molecule has 4 aromatic rings. The molecule has 4 nitrogen and oxygen atoms in total. The molecule has 0 radical (unpaired) electrons. The third-order valence-electron chi connectivity index (χ3n) is 4.62. The molecule has 0 fully saturated rings. The molecule has 180 valence electrons. The second-order valence-corrected chi connectivity index (χ2v) is 8.56. The fraction of sp³-hybridized carbons (Fsp3) is 0.222. The van der Waals surface area contributed by atoms with E-state index in [1.54, 1.807) is 18.3 Å². The molecule has 1 heterocycles. The van der Waals surface area contributed by atoms with Crippen molar-refractivity contribution in [2.75, 3.05) is 22.6 Å². The Balaban J connectivity index is 0.000000758. The third kappa shape index (κ3) is 7.38. The predicted octanol–water partition coefficient (Wildman–Crippen LogP) is 7.82. The zero-order chi connectivity index (χ0) is 24.9. The van der Waals surface area contributed by atoms with Gasteiger partial charge in [0.25, 0.3) is 0 Å². The summed E-state index contributed by atoms with van der Waals surface area (Å²) in [5.74, 6) is -0.290. The number of anilines is 2. The van der Waals surface area contributed by atoms with E-state index in [-0.39, 0.29) is 5.82 Å². The maximum atomic E-state index is 14.6. The standard InChI is InChI=1S/C23H20FN3S2.C3H8.CH5N/c1-2-27(28)18-8-10-19(11-9-18)29-26-17-7-12-22(24)21(15-17)23-20-6-4-3-5-16(20)13-14-25-23;1-3-2;1-2/h3-15,26,28H,2H2,1H3;3H2,1-2H3;2H2,1H3. The lowest BCUT2D eigenvalue weighted by Crippen LogP contribution is -2.08. The van der Waals surface area contributed by atoms with Crippen molar-refractivity contribution in [2.45, 2.75) is 32.1 Å². The normalized spacial score (nSPS) is 9.97. The van der Waals surface area contributed by atoms with Crippen LogP contribution in [0.1, 0.15) is 27.2 Å². The van der Waals surface area contributed by atoms with Crippen LogP contribution in [-0.4, -0.2) is 18.6 Å². The van der Waals surface area contributed by atoms with Gasteiger partial charge in [0.05, 0.1) is 5.69 Å². The van der Waals surface area contributed by atoms with Crippen LogP contribution in [-0.2, 0) is 0 Å². The number of nitrogens with one attached hydrogen (secondary N) is 1. The van der Waals surface area contributed by atoms with Gasteiger partial charge in [0, 0.05) is 40.0 Å². The SMILES string of the molecule is CCC.CCN(S)c1ccc(SNc2ccc(F)c(-c3nccc4ccccc34)c2)cc1.CN. The molecule has 0 aliphatic rings. The summed E-state index contributed by atoms with van der Waals surface area (Å²) in [5.41, 5.74) is 7.49. The number of nitrogens with two attached hydrogens (primary N) is 1. The molecule has 0 spiro atoms. The molecule has 0 saturated carbocycles. The maximum Gasteiger partial charge on any atom is 0.132 e. The first kappa shape index (κ1) is 27.5. The Morgan fingerprint density at radius 2 is 1.65 bits per heavy atom. The number of hydrogen-bond donors (Lipinski definition) is 3. The third-order valence-corrected chi connectivity index (χ3v) is 5.98. The molecule has 0 atom stereocenters. The Labute approximate surface area is 212 Å². The van der Waals surface area contributed by atoms with Crippen LogP contribution in [0.25, 0.3) is 22.0 Å². The smallest absolute Gasteiger partial charge is 0.132 e. The summed E-state index contributed by atoms with van der Waals surface area (Å²) in [5, 5.41) is 1.97. The lowest BCUT2D eigenvalue weighted by atomic mass is 10.0. The van der Waals surface area contributed by atoms with E-state index in [0.29, 0.717) is 11.3 Å². The molecule has 1 aromatic heterocycles. The molecular formula is C27H33FN4S2. The summed E-state index contributed by atoms with van der Waals surface area (Å²) in [6.45, 7) is 7.13. The van der Waals surface area contributed by atoms with Crippen LogP contribution in [0.3, 0.4) is 0 Å². The van der Waals surface area contributed by atoms with E-state index in [0.717, 1.165) is 33.6 Å². The van der Waals surface area contributed by atoms with Gasteiger partial charge < -0.3 is 14.8 Å². The zero-order valence-electron chi connectivity index (χ0n) is 20.1. The molecule has 0 bridgehead atoms. The number of thiol groups is 1. The Bertz CT molecular complexity index is 1150. The molecule has 3 aromatic carbocycles. The van der Waals surface area contributed by atoms with Crippen LogP contribution in [0.5, 0.6) is 0 Å². The van der Waals surface area contributed by atoms with Gasteiger partial charge >= 0.3 is 0 Å². The van der Waals surface area contributed by atoms with Crippen molar-refractivity contribution < 1.29 is 4.39 Å². The van der Waals surface area contributed by atoms with Crippen molar-refractivity contribution in [2.24, 2.45) is 5.73 Å². The topological polar surface area (TPSA) is 54.2 Å². The van der Waals surface area contributed by atoms with Gasteiger partial charge in [-0.1, -0.05) is 57.3 Å². The van der Waals surface area contributed by atoms with E-state index < -0.39 is 0 Å². The van der Waals surface area contributed by atoms with Crippen LogP contribution in [0, 0.1) is 5.82 Å². The van der Waals surface area contributed by atoms with E-state index in [1.165, 1.54) is 31.5 Å². The van der Waals surface area contributed by atoms with E-state index in [9.17, 15) is 4.39 Å². The fourth-order valence-corrected chi connectivity index (χ4v) is 3.86. The average molecular weight is 497 g/mol. The number of pyridine rings is 1. The molecule has 0 unspecified atom stereocenters. The summed E-state index contributed by atoms with van der Waals surface area (Å²) in [7, 11) is 1.50. The van der Waals surface area contributed by atoms with E-state index in [4.69, 9.17) is 0 Å². The number of fused-ring (bicyclic) bond motifs is 1. The first-order valence-corrected chi connectivity index (χ1v) is 12.5. The van der Waals surface area contributed by atoms with Gasteiger partial charge in [-0.25, -0.2) is 4.39 Å². The summed E-state index contributed by atoms with van der Waals surface area (Å²) in [6, 6.07) is 22.9. The number of nitrogens with zero attached hydrogens (tertiary/aromatic N) is 2. The largest absolute Gasteiger partial charge is 0.333 e. The van der Waals surface area contributed by atoms with Gasteiger partial charge in [-0.3, -0.25) is 4.98 Å². The van der Waals surface area contributed by atoms with Crippen LogP contribution in [0.4, 0.5) is 15.8 Å². The Kier molecular flexibility index (Phi) is 11.7. The van der Waals surface area contributed by atoms with Gasteiger partial charge in [-0.2, -0.15) is 0 Å². The minimum Gasteiger partial charge on any atom is -0.333 e. The highest BCUT2D eigenvalue weighted by molar-refractivity contribution is 8.00. The minimum absolute atomic E-state index is 0.290. The first-order valence-electron chi connectivity index (χ1n) is 11.3. The number of aromatic nitrogens is 1. The predicted molar refractivity (Wildman–Crippen MR) is 151 cm³/mol. The Morgan fingerprint density at radius 1 is 0.971 bits per heavy atom. The van der Waals surface area contributed by atoms with Crippen molar-refractivity contribution in [3.05, 3.63) is 84.8 Å². The lowest BCUT2D eigenvalue weighted by Gasteiger charge is -2.15. The maximum absolute atomic E-state index is 14.6. The second kappa shape index (κ2) is 14.5. The van der Waals surface area contributed by atoms with Gasteiger partial charge in [-0.05, 0) is 79.8 Å². The van der Waals surface area contributed by atoms with E-state index in [2.05, 4.69) is 42.1 Å². The molecule has 4 rings (SSSR count). The average Bonchev–Trinajstić information content (AvgIpc) is 2.89. The lowest BCUT2D eigenvalue weighted by molar-refractivity contribution is 0.631. The molecule has 0 saturated heterocycles. The summed E-state index contributed by atoms with van der Waals surface area (Å²) in [6.07, 6.45) is 2.97. The summed E-state index contributed by atoms with van der Waals surface area (Å²) < 4.78 is 19.8. The van der Waals surface area contributed by atoms with Gasteiger partial charge in [0.2, 0.25) is 0 Å². The highest BCUT2D eigenvalue weighted by atomic mass is 32.2. The van der Waals surface area contributed by atoms with E-state index >= 15 is 0 Å². The van der Waals surface area contributed by atoms with E-state index in [1.807, 2.05) is 65.8 Å². The first-order chi connectivity index (χ1) is 16.6. The number of hydrogen-bond acceptors (Lipinski definition) is 6. The summed E-state index contributed by atoms with van der Waals surface area (Å²) >= 11 is 5.89. The second-order valence-electron chi connectivity index (χ2n) is 7.20. The highest BCUT2D eigenvalue weighted by Gasteiger charge is 2.11. The van der Waals surface area contributed by atoms with Crippen molar-refractivity contribution >= 4 is 46.9 Å². The highest BCUT2D eigenvalue weighted by Crippen LogP contribution is 2.32. The number of benzene rings is 3. The molecule has 0 aliphatic carbocycles. The fourth-order valence-electron chi connectivity index (χ4n) is 3.09. The van der Waals surface area contributed by atoms with Crippen molar-refractivity contribution in [1.82, 2.24) is 4.98 Å². The number of rotatable bonds is 6. The Hall–Kier alpha value is -2.74. The van der Waals surface area contributed by atoms with Gasteiger partial charge in [0.1, 0.15) is 5.82 Å². The Morgan fingerprint density at radius 3 is 2.32 bits per heavy atom. The zero-order valence-corrected chi connectivity index (χ0v) is 21.8. The van der Waals surface area contributed by atoms with Crippen LogP contribution < -0.4 is 14.8 Å². The van der Waals surface area contributed by atoms with Gasteiger partial charge in [-0.15, -0.1) is 0 Å². The summed E-state index contributed by atoms with van der Waals surface area (Å²) in [4.78, 5) is 5.50. The van der Waals surface area contributed by atoms with Crippen molar-refractivity contribution in [3.8, 4) is 11.3 Å². The van der Waals surface area contributed by atoms with Crippen LogP contribution in [0.15, 0.2) is 83.9 Å². The van der Waals surface area contributed by atoms with Crippen LogP contribution >= 0.6 is 24.8 Å². The van der Waals surface area contributed by atoms with Crippen LogP contribution in [0.2, 0.25) is 0 Å². The van der Waals surface area contributed by atoms with Gasteiger partial charge in [0.15, 0.2) is 0 Å². The number of halogens is 1.